The number of hydrogen-bond donors (Lipinski definition) is 2. The molecule has 0 radical (unpaired) electrons. The molecular weight excluding hydrogens is 409 g/mol. The number of ether oxygens (including phenoxy) is 1. The molecule has 5 rings (SSSR count). The maximum Gasteiger partial charge on any atom is 0.231 e. The first-order valence-electron chi connectivity index (χ1n) is 10.5. The number of carbonyl (C=O) groups is 1. The Balaban J connectivity index is 1.59. The van der Waals surface area contributed by atoms with Crippen molar-refractivity contribution in [1.82, 2.24) is 19.9 Å². The van der Waals surface area contributed by atoms with Gasteiger partial charge in [0.05, 0.1) is 17.6 Å². The Bertz CT molecular complexity index is 1260. The van der Waals surface area contributed by atoms with Gasteiger partial charge >= 0.3 is 0 Å². The highest BCUT2D eigenvalue weighted by atomic mass is 19.1. The first kappa shape index (κ1) is 20.1. The summed E-state index contributed by atoms with van der Waals surface area (Å²) in [6, 6.07) is 15.4. The maximum absolute atomic E-state index is 13.4. The van der Waals surface area contributed by atoms with Gasteiger partial charge in [0.2, 0.25) is 5.91 Å². The summed E-state index contributed by atoms with van der Waals surface area (Å²) < 4.78 is 19.5. The molecule has 0 bridgehead atoms. The van der Waals surface area contributed by atoms with E-state index in [9.17, 15) is 9.18 Å². The topological polar surface area (TPSA) is 97.1 Å². The molecule has 1 aliphatic heterocycles. The summed E-state index contributed by atoms with van der Waals surface area (Å²) in [5.41, 5.74) is 8.72. The van der Waals surface area contributed by atoms with Gasteiger partial charge in [-0.3, -0.25) is 14.7 Å². The van der Waals surface area contributed by atoms with Gasteiger partial charge < -0.3 is 15.5 Å². The second-order valence-electron chi connectivity index (χ2n) is 7.86. The van der Waals surface area contributed by atoms with E-state index in [1.165, 1.54) is 12.1 Å². The number of carbonyl (C=O) groups excluding carboxylic acids is 1. The highest BCUT2D eigenvalue weighted by Crippen LogP contribution is 2.40. The number of nitrogens with two attached hydrogens (primary N) is 1. The van der Waals surface area contributed by atoms with Gasteiger partial charge in [0.25, 0.3) is 0 Å². The molecule has 1 atom stereocenters. The van der Waals surface area contributed by atoms with E-state index in [-0.39, 0.29) is 24.3 Å². The fourth-order valence-electron chi connectivity index (χ4n) is 4.22. The van der Waals surface area contributed by atoms with Crippen LogP contribution < -0.4 is 10.5 Å². The molecule has 162 valence electrons. The standard InChI is InChI=1S/C24H22FN5O2/c25-15-6-8-16(9-7-15)32-22-13-20-19(28-24(29-20)18-4-1-2-10-27-18)12-17(22)21-5-3-11-30(21)14-23(26)31/h1-2,4,6-10,12-13,21H,3,5,11,14H2,(H2,26,31)(H,28,29). The molecule has 1 fully saturated rings. The van der Waals surface area contributed by atoms with E-state index < -0.39 is 0 Å². The van der Waals surface area contributed by atoms with Crippen LogP contribution >= 0.6 is 0 Å². The number of H-pyrrole nitrogens is 1. The number of aromatic nitrogens is 3. The Morgan fingerprint density at radius 1 is 1.22 bits per heavy atom. The number of aromatic amines is 1. The lowest BCUT2D eigenvalue weighted by molar-refractivity contribution is -0.119. The highest BCUT2D eigenvalue weighted by Gasteiger charge is 2.30. The van der Waals surface area contributed by atoms with Crippen LogP contribution in [0.5, 0.6) is 11.5 Å². The molecule has 3 heterocycles. The van der Waals surface area contributed by atoms with Crippen LogP contribution in [0.25, 0.3) is 22.6 Å². The molecule has 3 N–H and O–H groups in total. The van der Waals surface area contributed by atoms with E-state index in [2.05, 4.69) is 19.9 Å². The number of halogens is 1. The Morgan fingerprint density at radius 2 is 2.06 bits per heavy atom. The van der Waals surface area contributed by atoms with Gasteiger partial charge in [-0.25, -0.2) is 9.37 Å². The second kappa shape index (κ2) is 8.39. The van der Waals surface area contributed by atoms with E-state index in [4.69, 9.17) is 10.5 Å². The van der Waals surface area contributed by atoms with Crippen LogP contribution in [0, 0.1) is 5.82 Å². The summed E-state index contributed by atoms with van der Waals surface area (Å²) in [4.78, 5) is 26.1. The zero-order valence-electron chi connectivity index (χ0n) is 17.3. The monoisotopic (exact) mass is 431 g/mol. The van der Waals surface area contributed by atoms with Crippen molar-refractivity contribution in [2.24, 2.45) is 5.73 Å². The van der Waals surface area contributed by atoms with Crippen molar-refractivity contribution in [3.63, 3.8) is 0 Å². The molecule has 8 heteroatoms. The van der Waals surface area contributed by atoms with Crippen molar-refractivity contribution < 1.29 is 13.9 Å². The fraction of sp³-hybridized carbons (Fsp3) is 0.208. The normalized spacial score (nSPS) is 16.5. The molecule has 32 heavy (non-hydrogen) atoms. The Labute approximate surface area is 184 Å². The Kier molecular flexibility index (Phi) is 5.28. The smallest absolute Gasteiger partial charge is 0.231 e. The molecule has 1 unspecified atom stereocenters. The summed E-state index contributed by atoms with van der Waals surface area (Å²) in [7, 11) is 0. The number of hydrogen-bond acceptors (Lipinski definition) is 5. The average molecular weight is 431 g/mol. The zero-order valence-corrected chi connectivity index (χ0v) is 17.3. The minimum Gasteiger partial charge on any atom is -0.457 e. The van der Waals surface area contributed by atoms with Gasteiger partial charge in [0.15, 0.2) is 5.82 Å². The molecule has 0 aliphatic carbocycles. The van der Waals surface area contributed by atoms with E-state index in [0.29, 0.717) is 17.3 Å². The van der Waals surface area contributed by atoms with Crippen LogP contribution in [0.1, 0.15) is 24.4 Å². The molecule has 0 spiro atoms. The SMILES string of the molecule is NC(=O)CN1CCCC1c1cc2[nH]c(-c3ccccn3)nc2cc1Oc1ccc(F)cc1. The zero-order chi connectivity index (χ0) is 22.1. The van der Waals surface area contributed by atoms with Gasteiger partial charge in [0.1, 0.15) is 23.0 Å². The summed E-state index contributed by atoms with van der Waals surface area (Å²) in [5, 5.41) is 0. The van der Waals surface area contributed by atoms with Gasteiger partial charge in [-0.05, 0) is 61.9 Å². The Morgan fingerprint density at radius 3 is 2.81 bits per heavy atom. The number of nitrogens with one attached hydrogen (secondary N) is 1. The van der Waals surface area contributed by atoms with E-state index in [1.807, 2.05) is 30.3 Å². The van der Waals surface area contributed by atoms with Crippen LogP contribution in [0.4, 0.5) is 4.39 Å². The summed E-state index contributed by atoms with van der Waals surface area (Å²) in [6.45, 7) is 0.963. The Hall–Kier alpha value is -3.78. The number of fused-ring (bicyclic) bond motifs is 1. The van der Waals surface area contributed by atoms with Crippen molar-refractivity contribution in [2.75, 3.05) is 13.1 Å². The average Bonchev–Trinajstić information content (AvgIpc) is 3.41. The molecule has 4 aromatic rings. The highest BCUT2D eigenvalue weighted by molar-refractivity contribution is 5.82. The fourth-order valence-corrected chi connectivity index (χ4v) is 4.22. The minimum atomic E-state index is -0.363. The third-order valence-corrected chi connectivity index (χ3v) is 5.64. The number of imidazole rings is 1. The van der Waals surface area contributed by atoms with E-state index in [1.54, 1.807) is 18.3 Å². The van der Waals surface area contributed by atoms with Crippen LogP contribution in [-0.4, -0.2) is 38.8 Å². The number of benzene rings is 2. The van der Waals surface area contributed by atoms with Gasteiger partial charge in [0, 0.05) is 23.9 Å². The molecule has 7 nitrogen and oxygen atoms in total. The summed E-state index contributed by atoms with van der Waals surface area (Å²) in [5.74, 6) is 1.10. The lowest BCUT2D eigenvalue weighted by Gasteiger charge is -2.25. The molecular formula is C24H22FN5O2. The number of amides is 1. The number of rotatable bonds is 6. The van der Waals surface area contributed by atoms with Crippen LogP contribution in [0.3, 0.4) is 0 Å². The maximum atomic E-state index is 13.4. The van der Waals surface area contributed by atoms with Crippen molar-refractivity contribution in [3.05, 3.63) is 72.2 Å². The van der Waals surface area contributed by atoms with E-state index in [0.717, 1.165) is 41.7 Å². The van der Waals surface area contributed by atoms with Crippen molar-refractivity contribution in [1.29, 1.82) is 0 Å². The molecule has 1 aliphatic rings. The molecule has 1 amide bonds. The predicted octanol–water partition coefficient (Wildman–Crippen LogP) is 4.18. The minimum absolute atomic E-state index is 0.0241. The number of nitrogens with zero attached hydrogens (tertiary/aromatic N) is 3. The van der Waals surface area contributed by atoms with Crippen molar-refractivity contribution in [3.8, 4) is 23.0 Å². The number of pyridine rings is 1. The third kappa shape index (κ3) is 4.04. The van der Waals surface area contributed by atoms with Crippen LogP contribution in [0.2, 0.25) is 0 Å². The predicted molar refractivity (Wildman–Crippen MR) is 119 cm³/mol. The third-order valence-electron chi connectivity index (χ3n) is 5.64. The molecule has 0 saturated carbocycles. The van der Waals surface area contributed by atoms with Gasteiger partial charge in [-0.2, -0.15) is 0 Å². The summed E-state index contributed by atoms with van der Waals surface area (Å²) in [6.07, 6.45) is 3.55. The number of primary amides is 1. The molecule has 2 aromatic heterocycles. The van der Waals surface area contributed by atoms with Gasteiger partial charge in [-0.1, -0.05) is 6.07 Å². The van der Waals surface area contributed by atoms with Crippen molar-refractivity contribution in [2.45, 2.75) is 18.9 Å². The number of likely N-dealkylation sites (tertiary alicyclic amines) is 1. The van der Waals surface area contributed by atoms with Crippen LogP contribution in [-0.2, 0) is 4.79 Å². The molecule has 1 saturated heterocycles. The van der Waals surface area contributed by atoms with Crippen molar-refractivity contribution >= 4 is 16.9 Å². The van der Waals surface area contributed by atoms with Gasteiger partial charge in [-0.15, -0.1) is 0 Å². The lowest BCUT2D eigenvalue weighted by Crippen LogP contribution is -2.33. The van der Waals surface area contributed by atoms with Crippen LogP contribution in [0.15, 0.2) is 60.8 Å². The quantitative estimate of drug-likeness (QED) is 0.477. The van der Waals surface area contributed by atoms with E-state index >= 15 is 0 Å². The summed E-state index contributed by atoms with van der Waals surface area (Å²) >= 11 is 0. The first-order valence-corrected chi connectivity index (χ1v) is 10.5. The first-order chi connectivity index (χ1) is 15.6. The largest absolute Gasteiger partial charge is 0.457 e. The molecule has 2 aromatic carbocycles. The second-order valence-corrected chi connectivity index (χ2v) is 7.86. The lowest BCUT2D eigenvalue weighted by atomic mass is 10.0.